The van der Waals surface area contributed by atoms with Crippen molar-refractivity contribution in [2.75, 3.05) is 25.5 Å². The highest BCUT2D eigenvalue weighted by atomic mass is 16.1. The highest BCUT2D eigenvalue weighted by Crippen LogP contribution is 2.16. The molecule has 0 fully saturated rings. The van der Waals surface area contributed by atoms with Gasteiger partial charge in [0, 0.05) is 31.9 Å². The summed E-state index contributed by atoms with van der Waals surface area (Å²) >= 11 is 0. The number of rotatable bonds is 16. The van der Waals surface area contributed by atoms with Gasteiger partial charge in [-0.3, -0.25) is 4.79 Å². The van der Waals surface area contributed by atoms with Crippen LogP contribution in [0, 0.1) is 6.42 Å². The molecule has 0 saturated heterocycles. The summed E-state index contributed by atoms with van der Waals surface area (Å²) in [4.78, 5) is 14.5. The Labute approximate surface area is 196 Å². The van der Waals surface area contributed by atoms with Crippen LogP contribution in [0.5, 0.6) is 0 Å². The normalized spacial score (nSPS) is 10.8. The lowest BCUT2D eigenvalue weighted by Gasteiger charge is -2.12. The molecule has 1 radical (unpaired) electrons. The van der Waals surface area contributed by atoms with E-state index in [0.29, 0.717) is 0 Å². The van der Waals surface area contributed by atoms with Gasteiger partial charge in [0.05, 0.1) is 0 Å². The SMILES string of the molecule is CCCCCCCCCCCCNC(=O)c1ccc([CH]Cc2ccc(N(C)C)cc2)cc1. The summed E-state index contributed by atoms with van der Waals surface area (Å²) in [5.41, 5.74) is 4.38. The van der Waals surface area contributed by atoms with E-state index < -0.39 is 0 Å². The second kappa shape index (κ2) is 15.5. The predicted molar refractivity (Wildman–Crippen MR) is 138 cm³/mol. The molecular formula is C29H43N2O. The summed E-state index contributed by atoms with van der Waals surface area (Å²) in [6.45, 7) is 3.03. The topological polar surface area (TPSA) is 32.3 Å². The zero-order valence-corrected chi connectivity index (χ0v) is 20.5. The van der Waals surface area contributed by atoms with Crippen molar-refractivity contribution in [2.24, 2.45) is 0 Å². The van der Waals surface area contributed by atoms with E-state index in [0.717, 1.165) is 30.5 Å². The first-order chi connectivity index (χ1) is 15.6. The van der Waals surface area contributed by atoms with E-state index in [4.69, 9.17) is 0 Å². The first kappa shape index (κ1) is 26.0. The van der Waals surface area contributed by atoms with Crippen molar-refractivity contribution >= 4 is 11.6 Å². The van der Waals surface area contributed by atoms with E-state index in [1.54, 1.807) is 0 Å². The standard InChI is InChI=1S/C29H43N2O/c1-4-5-6-7-8-9-10-11-12-13-24-30-29(32)27-20-16-25(17-21-27)14-15-26-18-22-28(23-19-26)31(2)3/h14,16-23H,4-13,15,24H2,1-3H3,(H,30,32). The Balaban J connectivity index is 1.57. The number of anilines is 1. The van der Waals surface area contributed by atoms with Gasteiger partial charge >= 0.3 is 0 Å². The monoisotopic (exact) mass is 435 g/mol. The third kappa shape index (κ3) is 10.3. The molecule has 1 N–H and O–H groups in total. The number of nitrogens with one attached hydrogen (secondary N) is 1. The summed E-state index contributed by atoms with van der Waals surface area (Å²) < 4.78 is 0. The van der Waals surface area contributed by atoms with Crippen LogP contribution in [0.1, 0.15) is 92.6 Å². The minimum atomic E-state index is 0.0340. The van der Waals surface area contributed by atoms with Crippen molar-refractivity contribution in [3.63, 3.8) is 0 Å². The van der Waals surface area contributed by atoms with Crippen molar-refractivity contribution in [3.8, 4) is 0 Å². The van der Waals surface area contributed by atoms with Crippen LogP contribution in [-0.4, -0.2) is 26.5 Å². The summed E-state index contributed by atoms with van der Waals surface area (Å²) in [6.07, 6.45) is 16.2. The number of unbranched alkanes of at least 4 members (excludes halogenated alkanes) is 9. The summed E-state index contributed by atoms with van der Waals surface area (Å²) in [5, 5.41) is 3.06. The number of carbonyl (C=O) groups excluding carboxylic acids is 1. The van der Waals surface area contributed by atoms with Gasteiger partial charge in [0.15, 0.2) is 0 Å². The molecule has 175 valence electrons. The van der Waals surface area contributed by atoms with Crippen molar-refractivity contribution in [1.82, 2.24) is 5.32 Å². The average molecular weight is 436 g/mol. The van der Waals surface area contributed by atoms with Gasteiger partial charge in [-0.1, -0.05) is 89.0 Å². The molecular weight excluding hydrogens is 392 g/mol. The molecule has 0 aliphatic carbocycles. The van der Waals surface area contributed by atoms with E-state index in [2.05, 4.69) is 61.9 Å². The van der Waals surface area contributed by atoms with Crippen LogP contribution in [0.2, 0.25) is 0 Å². The molecule has 3 nitrogen and oxygen atoms in total. The lowest BCUT2D eigenvalue weighted by atomic mass is 10.0. The van der Waals surface area contributed by atoms with Crippen molar-refractivity contribution in [1.29, 1.82) is 0 Å². The Bertz CT molecular complexity index is 750. The quantitative estimate of drug-likeness (QED) is 0.283. The second-order valence-electron chi connectivity index (χ2n) is 9.03. The minimum Gasteiger partial charge on any atom is -0.378 e. The van der Waals surface area contributed by atoms with Crippen molar-refractivity contribution in [2.45, 2.75) is 77.6 Å². The number of nitrogens with zero attached hydrogens (tertiary/aromatic N) is 1. The first-order valence-corrected chi connectivity index (χ1v) is 12.6. The van der Waals surface area contributed by atoms with Crippen LogP contribution >= 0.6 is 0 Å². The fourth-order valence-electron chi connectivity index (χ4n) is 3.85. The molecule has 0 saturated carbocycles. The fraction of sp³-hybridized carbons (Fsp3) is 0.517. The molecule has 0 atom stereocenters. The van der Waals surface area contributed by atoms with Gasteiger partial charge in [-0.25, -0.2) is 0 Å². The van der Waals surface area contributed by atoms with E-state index in [9.17, 15) is 4.79 Å². The van der Waals surface area contributed by atoms with E-state index in [1.165, 1.54) is 69.0 Å². The Morgan fingerprint density at radius 3 is 1.91 bits per heavy atom. The molecule has 0 aliphatic heterocycles. The molecule has 1 amide bonds. The van der Waals surface area contributed by atoms with Crippen LogP contribution in [0.25, 0.3) is 0 Å². The van der Waals surface area contributed by atoms with Crippen LogP contribution in [0.4, 0.5) is 5.69 Å². The Kier molecular flexibility index (Phi) is 12.6. The third-order valence-corrected chi connectivity index (χ3v) is 6.01. The largest absolute Gasteiger partial charge is 0.378 e. The zero-order chi connectivity index (χ0) is 23.0. The molecule has 0 heterocycles. The van der Waals surface area contributed by atoms with Crippen molar-refractivity contribution < 1.29 is 4.79 Å². The van der Waals surface area contributed by atoms with Crippen LogP contribution in [-0.2, 0) is 6.42 Å². The van der Waals surface area contributed by atoms with Gasteiger partial charge in [-0.05, 0) is 54.7 Å². The molecule has 0 bridgehead atoms. The summed E-state index contributed by atoms with van der Waals surface area (Å²) in [6, 6.07) is 16.5. The average Bonchev–Trinajstić information content (AvgIpc) is 2.81. The van der Waals surface area contributed by atoms with Crippen molar-refractivity contribution in [3.05, 3.63) is 71.6 Å². The highest BCUT2D eigenvalue weighted by molar-refractivity contribution is 5.94. The number of hydrogen-bond acceptors (Lipinski definition) is 2. The molecule has 32 heavy (non-hydrogen) atoms. The number of carbonyl (C=O) groups is 1. The fourth-order valence-corrected chi connectivity index (χ4v) is 3.85. The molecule has 0 spiro atoms. The lowest BCUT2D eigenvalue weighted by Crippen LogP contribution is -2.24. The summed E-state index contributed by atoms with van der Waals surface area (Å²) in [5.74, 6) is 0.0340. The number of hydrogen-bond donors (Lipinski definition) is 1. The van der Waals surface area contributed by atoms with E-state index in [-0.39, 0.29) is 5.91 Å². The minimum absolute atomic E-state index is 0.0340. The van der Waals surface area contributed by atoms with Gasteiger partial charge in [0.2, 0.25) is 0 Å². The highest BCUT2D eigenvalue weighted by Gasteiger charge is 2.05. The molecule has 2 aromatic rings. The zero-order valence-electron chi connectivity index (χ0n) is 20.5. The molecule has 0 aromatic heterocycles. The van der Waals surface area contributed by atoms with Gasteiger partial charge in [-0.2, -0.15) is 0 Å². The second-order valence-corrected chi connectivity index (χ2v) is 9.03. The summed E-state index contributed by atoms with van der Waals surface area (Å²) in [7, 11) is 4.10. The molecule has 2 rings (SSSR count). The van der Waals surface area contributed by atoms with Crippen LogP contribution in [0.15, 0.2) is 48.5 Å². The van der Waals surface area contributed by atoms with Crippen LogP contribution < -0.4 is 10.2 Å². The first-order valence-electron chi connectivity index (χ1n) is 12.6. The molecule has 3 heteroatoms. The van der Waals surface area contributed by atoms with Gasteiger partial charge in [0.25, 0.3) is 5.91 Å². The maximum absolute atomic E-state index is 12.4. The van der Waals surface area contributed by atoms with E-state index in [1.807, 2.05) is 24.3 Å². The molecule has 0 aliphatic rings. The van der Waals surface area contributed by atoms with Gasteiger partial charge in [-0.15, -0.1) is 0 Å². The van der Waals surface area contributed by atoms with Crippen LogP contribution in [0.3, 0.4) is 0 Å². The van der Waals surface area contributed by atoms with E-state index >= 15 is 0 Å². The Hall–Kier alpha value is -2.29. The predicted octanol–water partition coefficient (Wildman–Crippen LogP) is 7.20. The Morgan fingerprint density at radius 2 is 1.34 bits per heavy atom. The molecule has 0 unspecified atom stereocenters. The smallest absolute Gasteiger partial charge is 0.251 e. The number of amides is 1. The third-order valence-electron chi connectivity index (χ3n) is 6.01. The molecule has 2 aromatic carbocycles. The lowest BCUT2D eigenvalue weighted by molar-refractivity contribution is 0.0953. The van der Waals surface area contributed by atoms with Gasteiger partial charge < -0.3 is 10.2 Å². The number of benzene rings is 2. The Morgan fingerprint density at radius 1 is 0.781 bits per heavy atom. The maximum Gasteiger partial charge on any atom is 0.251 e. The van der Waals surface area contributed by atoms with Gasteiger partial charge in [0.1, 0.15) is 0 Å². The maximum atomic E-state index is 12.4.